The van der Waals surface area contributed by atoms with Crippen LogP contribution in [0.1, 0.15) is 0 Å². The Balaban J connectivity index is 2.00. The van der Waals surface area contributed by atoms with Gasteiger partial charge >= 0.3 is 0 Å². The van der Waals surface area contributed by atoms with Crippen LogP contribution in [0.5, 0.6) is 0 Å². The van der Waals surface area contributed by atoms with Gasteiger partial charge in [-0.3, -0.25) is 0 Å². The average molecular weight is 269 g/mol. The lowest BCUT2D eigenvalue weighted by atomic mass is 10.1. The van der Waals surface area contributed by atoms with Gasteiger partial charge in [0.1, 0.15) is 17.0 Å². The topological polar surface area (TPSA) is 41.8 Å². The molecule has 4 rings (SSSR count). The number of aromatic nitrogens is 2. The van der Waals surface area contributed by atoms with Gasteiger partial charge < -0.3 is 9.40 Å². The second-order valence-corrected chi connectivity index (χ2v) is 4.75. The molecule has 0 radical (unpaired) electrons. The monoisotopic (exact) mass is 268 g/mol. The number of nitrogens with zero attached hydrogens (tertiary/aromatic N) is 1. The number of furan rings is 1. The molecule has 0 fully saturated rings. The minimum Gasteiger partial charge on any atom is -0.456 e. The van der Waals surface area contributed by atoms with Crippen molar-refractivity contribution in [1.82, 2.24) is 9.97 Å². The van der Waals surface area contributed by atoms with Crippen molar-refractivity contribution < 1.29 is 4.42 Å². The fourth-order valence-electron chi connectivity index (χ4n) is 2.26. The van der Waals surface area contributed by atoms with Crippen LogP contribution in [0.4, 0.5) is 0 Å². The van der Waals surface area contributed by atoms with E-state index < -0.39 is 0 Å². The number of aromatic amines is 1. The van der Waals surface area contributed by atoms with E-state index in [2.05, 4.69) is 9.97 Å². The first kappa shape index (κ1) is 10.6. The minimum absolute atomic E-state index is 0.658. The molecule has 19 heavy (non-hydrogen) atoms. The number of hydrogen-bond donors (Lipinski definition) is 1. The van der Waals surface area contributed by atoms with E-state index in [1.807, 2.05) is 42.6 Å². The van der Waals surface area contributed by atoms with Gasteiger partial charge in [-0.15, -0.1) is 0 Å². The zero-order valence-electron chi connectivity index (χ0n) is 9.85. The van der Waals surface area contributed by atoms with Gasteiger partial charge in [0, 0.05) is 23.2 Å². The molecule has 1 aromatic carbocycles. The SMILES string of the molecule is Clc1c(-c2cc3ccccc3o2)cnc2[nH]ccc12. The van der Waals surface area contributed by atoms with E-state index >= 15 is 0 Å². The number of H-pyrrole nitrogens is 1. The number of fused-ring (bicyclic) bond motifs is 2. The molecule has 1 N–H and O–H groups in total. The largest absolute Gasteiger partial charge is 0.456 e. The van der Waals surface area contributed by atoms with Crippen molar-refractivity contribution in [3.05, 3.63) is 53.8 Å². The van der Waals surface area contributed by atoms with Gasteiger partial charge in [0.2, 0.25) is 0 Å². The molecule has 4 heteroatoms. The Hall–Kier alpha value is -2.26. The summed E-state index contributed by atoms with van der Waals surface area (Å²) < 4.78 is 5.83. The first-order valence-electron chi connectivity index (χ1n) is 5.93. The van der Waals surface area contributed by atoms with Crippen LogP contribution in [0, 0.1) is 0 Å². The molecular weight excluding hydrogens is 260 g/mol. The van der Waals surface area contributed by atoms with Crippen molar-refractivity contribution in [1.29, 1.82) is 0 Å². The molecule has 0 saturated heterocycles. The van der Waals surface area contributed by atoms with Gasteiger partial charge in [0.15, 0.2) is 0 Å². The van der Waals surface area contributed by atoms with Gasteiger partial charge in [-0.1, -0.05) is 29.8 Å². The number of benzene rings is 1. The fourth-order valence-corrected chi connectivity index (χ4v) is 2.56. The molecule has 0 unspecified atom stereocenters. The fraction of sp³-hybridized carbons (Fsp3) is 0. The van der Waals surface area contributed by atoms with Crippen molar-refractivity contribution in [3.63, 3.8) is 0 Å². The summed E-state index contributed by atoms with van der Waals surface area (Å²) in [6, 6.07) is 11.8. The smallest absolute Gasteiger partial charge is 0.138 e. The number of pyridine rings is 1. The Morgan fingerprint density at radius 2 is 2.05 bits per heavy atom. The number of halogens is 1. The van der Waals surface area contributed by atoms with E-state index in [9.17, 15) is 0 Å². The van der Waals surface area contributed by atoms with Crippen molar-refractivity contribution >= 4 is 33.6 Å². The Kier molecular flexibility index (Phi) is 2.17. The summed E-state index contributed by atoms with van der Waals surface area (Å²) in [4.78, 5) is 7.39. The highest BCUT2D eigenvalue weighted by Gasteiger charge is 2.13. The van der Waals surface area contributed by atoms with Crippen LogP contribution in [-0.4, -0.2) is 9.97 Å². The number of hydrogen-bond acceptors (Lipinski definition) is 2. The van der Waals surface area contributed by atoms with Gasteiger partial charge in [-0.05, 0) is 18.2 Å². The Labute approximate surface area is 113 Å². The van der Waals surface area contributed by atoms with Crippen molar-refractivity contribution in [2.24, 2.45) is 0 Å². The lowest BCUT2D eigenvalue weighted by molar-refractivity contribution is 0.631. The van der Waals surface area contributed by atoms with E-state index in [0.29, 0.717) is 5.02 Å². The molecule has 0 bridgehead atoms. The summed E-state index contributed by atoms with van der Waals surface area (Å²) in [5.41, 5.74) is 2.44. The summed E-state index contributed by atoms with van der Waals surface area (Å²) in [6.07, 6.45) is 3.56. The third-order valence-corrected chi connectivity index (χ3v) is 3.62. The third-order valence-electron chi connectivity index (χ3n) is 3.21. The number of para-hydroxylation sites is 1. The standard InChI is InChI=1S/C15H9ClN2O/c16-14-10-5-6-17-15(10)18-8-11(14)13-7-9-3-1-2-4-12(9)19-13/h1-8H,(H,17,18). The molecule has 0 aliphatic carbocycles. The molecule has 0 saturated carbocycles. The maximum atomic E-state index is 6.43. The molecule has 3 nitrogen and oxygen atoms in total. The van der Waals surface area contributed by atoms with Crippen molar-refractivity contribution in [2.75, 3.05) is 0 Å². The summed E-state index contributed by atoms with van der Waals surface area (Å²) in [5, 5.41) is 2.62. The molecule has 3 aromatic heterocycles. The predicted molar refractivity (Wildman–Crippen MR) is 76.3 cm³/mol. The van der Waals surface area contributed by atoms with Crippen LogP contribution in [0.3, 0.4) is 0 Å². The first-order chi connectivity index (χ1) is 9.33. The lowest BCUT2D eigenvalue weighted by Gasteiger charge is -2.01. The highest BCUT2D eigenvalue weighted by atomic mass is 35.5. The summed E-state index contributed by atoms with van der Waals surface area (Å²) in [7, 11) is 0. The van der Waals surface area contributed by atoms with Gasteiger partial charge in [-0.2, -0.15) is 0 Å². The molecule has 0 aliphatic heterocycles. The maximum absolute atomic E-state index is 6.43. The van der Waals surface area contributed by atoms with E-state index in [0.717, 1.165) is 33.3 Å². The van der Waals surface area contributed by atoms with Gasteiger partial charge in [0.25, 0.3) is 0 Å². The highest BCUT2D eigenvalue weighted by Crippen LogP contribution is 2.35. The molecule has 3 heterocycles. The summed E-state index contributed by atoms with van der Waals surface area (Å²) in [5.74, 6) is 0.738. The Morgan fingerprint density at radius 3 is 2.95 bits per heavy atom. The highest BCUT2D eigenvalue weighted by molar-refractivity contribution is 6.37. The molecule has 0 atom stereocenters. The second-order valence-electron chi connectivity index (χ2n) is 4.37. The summed E-state index contributed by atoms with van der Waals surface area (Å²) >= 11 is 6.43. The van der Waals surface area contributed by atoms with Crippen molar-refractivity contribution in [2.45, 2.75) is 0 Å². The average Bonchev–Trinajstić information content (AvgIpc) is 3.05. The van der Waals surface area contributed by atoms with Crippen molar-refractivity contribution in [3.8, 4) is 11.3 Å². The Morgan fingerprint density at radius 1 is 1.16 bits per heavy atom. The molecule has 4 aromatic rings. The zero-order valence-corrected chi connectivity index (χ0v) is 10.6. The molecule has 0 aliphatic rings. The molecule has 92 valence electrons. The molecule has 0 spiro atoms. The Bertz CT molecular complexity index is 858. The third kappa shape index (κ3) is 1.55. The molecular formula is C15H9ClN2O. The minimum atomic E-state index is 0.658. The lowest BCUT2D eigenvalue weighted by Crippen LogP contribution is -1.82. The maximum Gasteiger partial charge on any atom is 0.138 e. The van der Waals surface area contributed by atoms with Crippen LogP contribution in [0.2, 0.25) is 5.02 Å². The van der Waals surface area contributed by atoms with E-state index in [-0.39, 0.29) is 0 Å². The first-order valence-corrected chi connectivity index (χ1v) is 6.31. The number of rotatable bonds is 1. The zero-order chi connectivity index (χ0) is 12.8. The van der Waals surface area contributed by atoms with Crippen LogP contribution in [0.15, 0.2) is 53.2 Å². The molecule has 0 amide bonds. The van der Waals surface area contributed by atoms with Gasteiger partial charge in [0.05, 0.1) is 10.6 Å². The quantitative estimate of drug-likeness (QED) is 0.547. The van der Waals surface area contributed by atoms with Crippen LogP contribution < -0.4 is 0 Å². The second kappa shape index (κ2) is 3.87. The summed E-state index contributed by atoms with van der Waals surface area (Å²) in [6.45, 7) is 0. The van der Waals surface area contributed by atoms with Crippen LogP contribution in [-0.2, 0) is 0 Å². The normalized spacial score (nSPS) is 11.4. The van der Waals surface area contributed by atoms with E-state index in [4.69, 9.17) is 16.0 Å². The predicted octanol–water partition coefficient (Wildman–Crippen LogP) is 4.63. The van der Waals surface area contributed by atoms with Crippen LogP contribution >= 0.6 is 11.6 Å². The number of nitrogens with one attached hydrogen (secondary N) is 1. The van der Waals surface area contributed by atoms with E-state index in [1.54, 1.807) is 6.20 Å². The van der Waals surface area contributed by atoms with E-state index in [1.165, 1.54) is 0 Å². The van der Waals surface area contributed by atoms with Gasteiger partial charge in [-0.25, -0.2) is 4.98 Å². The van der Waals surface area contributed by atoms with Crippen LogP contribution in [0.25, 0.3) is 33.3 Å².